The maximum atomic E-state index is 12.9. The van der Waals surface area contributed by atoms with Crippen molar-refractivity contribution in [1.82, 2.24) is 20.2 Å². The molecule has 1 aliphatic heterocycles. The van der Waals surface area contributed by atoms with Crippen molar-refractivity contribution < 1.29 is 9.18 Å². The fourth-order valence-electron chi connectivity index (χ4n) is 3.19. The van der Waals surface area contributed by atoms with Crippen LogP contribution in [-0.4, -0.2) is 46.7 Å². The first-order valence-corrected chi connectivity index (χ1v) is 9.97. The zero-order chi connectivity index (χ0) is 18.4. The Morgan fingerprint density at radius 3 is 2.73 bits per heavy atom. The number of carbonyl (C=O) groups is 1. The molecule has 1 fully saturated rings. The fourth-order valence-corrected chi connectivity index (χ4v) is 3.51. The first kappa shape index (κ1) is 18.8. The lowest BCUT2D eigenvalue weighted by Gasteiger charge is -2.32. The van der Waals surface area contributed by atoms with Gasteiger partial charge in [0.15, 0.2) is 5.16 Å². The highest BCUT2D eigenvalue weighted by molar-refractivity contribution is 7.98. The van der Waals surface area contributed by atoms with E-state index in [9.17, 15) is 9.18 Å². The summed E-state index contributed by atoms with van der Waals surface area (Å²) in [4.78, 5) is 23.2. The number of hydrogen-bond donors (Lipinski definition) is 1. The van der Waals surface area contributed by atoms with Crippen LogP contribution >= 0.6 is 11.8 Å². The van der Waals surface area contributed by atoms with Crippen LogP contribution in [0.1, 0.15) is 28.8 Å². The Balaban J connectivity index is 1.48. The lowest BCUT2D eigenvalue weighted by molar-refractivity contribution is 0.0930. The lowest BCUT2D eigenvalue weighted by Crippen LogP contribution is -2.40. The Morgan fingerprint density at radius 2 is 2.04 bits per heavy atom. The number of rotatable bonds is 6. The fraction of sp³-hybridized carbons (Fsp3) is 0.421. The molecule has 1 saturated heterocycles. The highest BCUT2D eigenvalue weighted by Crippen LogP contribution is 2.18. The number of aromatic nitrogens is 2. The zero-order valence-corrected chi connectivity index (χ0v) is 15.6. The van der Waals surface area contributed by atoms with Gasteiger partial charge in [0.25, 0.3) is 5.91 Å². The van der Waals surface area contributed by atoms with E-state index >= 15 is 0 Å². The number of piperidine rings is 1. The summed E-state index contributed by atoms with van der Waals surface area (Å²) >= 11 is 1.54. The van der Waals surface area contributed by atoms with Crippen molar-refractivity contribution in [3.05, 3.63) is 53.6 Å². The normalized spacial score (nSPS) is 17.8. The van der Waals surface area contributed by atoms with Crippen LogP contribution in [0.4, 0.5) is 4.39 Å². The minimum Gasteiger partial charge on any atom is -0.352 e. The quantitative estimate of drug-likeness (QED) is 0.622. The highest BCUT2D eigenvalue weighted by atomic mass is 32.2. The second-order valence-electron chi connectivity index (χ2n) is 6.54. The SMILES string of the molecule is CSc1ncc(CN2CCC[C@@H](CNC(=O)c3ccc(F)cc3)C2)cn1. The summed E-state index contributed by atoms with van der Waals surface area (Å²) in [7, 11) is 0. The number of thioether (sulfide) groups is 1. The molecule has 1 atom stereocenters. The monoisotopic (exact) mass is 374 g/mol. The number of carbonyl (C=O) groups excluding carboxylic acids is 1. The Kier molecular flexibility index (Phi) is 6.57. The van der Waals surface area contributed by atoms with Crippen molar-refractivity contribution in [2.75, 3.05) is 25.9 Å². The van der Waals surface area contributed by atoms with Crippen molar-refractivity contribution >= 4 is 17.7 Å². The minimum atomic E-state index is -0.334. The maximum Gasteiger partial charge on any atom is 0.251 e. The summed E-state index contributed by atoms with van der Waals surface area (Å²) in [5, 5.41) is 3.76. The number of halogens is 1. The first-order chi connectivity index (χ1) is 12.6. The van der Waals surface area contributed by atoms with Gasteiger partial charge in [0.2, 0.25) is 0 Å². The molecular weight excluding hydrogens is 351 g/mol. The molecule has 0 bridgehead atoms. The molecule has 26 heavy (non-hydrogen) atoms. The number of likely N-dealkylation sites (tertiary alicyclic amines) is 1. The lowest BCUT2D eigenvalue weighted by atomic mass is 9.97. The Morgan fingerprint density at radius 1 is 1.31 bits per heavy atom. The molecule has 1 amide bonds. The molecule has 138 valence electrons. The van der Waals surface area contributed by atoms with Crippen LogP contribution < -0.4 is 5.32 Å². The Bertz CT molecular complexity index is 723. The molecule has 0 aliphatic carbocycles. The van der Waals surface area contributed by atoms with E-state index in [0.29, 0.717) is 18.0 Å². The second kappa shape index (κ2) is 9.09. The minimum absolute atomic E-state index is 0.150. The summed E-state index contributed by atoms with van der Waals surface area (Å²) in [5.74, 6) is -0.0678. The summed E-state index contributed by atoms with van der Waals surface area (Å²) < 4.78 is 12.9. The van der Waals surface area contributed by atoms with Crippen LogP contribution in [0.15, 0.2) is 41.8 Å². The molecule has 0 radical (unpaired) electrons. The van der Waals surface area contributed by atoms with E-state index in [-0.39, 0.29) is 11.7 Å². The van der Waals surface area contributed by atoms with Gasteiger partial charge in [-0.2, -0.15) is 0 Å². The topological polar surface area (TPSA) is 58.1 Å². The molecule has 1 aromatic heterocycles. The van der Waals surface area contributed by atoms with E-state index in [0.717, 1.165) is 43.2 Å². The molecule has 1 aromatic carbocycles. The largest absolute Gasteiger partial charge is 0.352 e. The second-order valence-corrected chi connectivity index (χ2v) is 7.31. The smallest absolute Gasteiger partial charge is 0.251 e. The predicted molar refractivity (Wildman–Crippen MR) is 101 cm³/mol. The van der Waals surface area contributed by atoms with Crippen molar-refractivity contribution in [3.8, 4) is 0 Å². The van der Waals surface area contributed by atoms with Gasteiger partial charge < -0.3 is 5.32 Å². The number of hydrogen-bond acceptors (Lipinski definition) is 5. The molecule has 3 rings (SSSR count). The van der Waals surface area contributed by atoms with Crippen molar-refractivity contribution in [2.24, 2.45) is 5.92 Å². The van der Waals surface area contributed by atoms with E-state index in [1.165, 1.54) is 36.0 Å². The van der Waals surface area contributed by atoms with E-state index in [1.54, 1.807) is 0 Å². The third-order valence-corrected chi connectivity index (χ3v) is 5.11. The summed E-state index contributed by atoms with van der Waals surface area (Å²) in [6, 6.07) is 5.63. The Hall–Kier alpha value is -1.99. The van der Waals surface area contributed by atoms with Crippen LogP contribution in [0.25, 0.3) is 0 Å². The van der Waals surface area contributed by atoms with Gasteiger partial charge in [0.05, 0.1) is 0 Å². The third kappa shape index (κ3) is 5.25. The Labute approximate surface area is 157 Å². The molecule has 1 N–H and O–H groups in total. The standard InChI is InChI=1S/C19H23FN4OS/c1-26-19-22-10-15(11-23-19)13-24-8-2-3-14(12-24)9-21-18(25)16-4-6-17(20)7-5-16/h4-7,10-11,14H,2-3,8-9,12-13H2,1H3,(H,21,25)/t14-/m0/s1. The molecule has 5 nitrogen and oxygen atoms in total. The van der Waals surface area contributed by atoms with Crippen LogP contribution in [0.2, 0.25) is 0 Å². The highest BCUT2D eigenvalue weighted by Gasteiger charge is 2.21. The molecule has 2 heterocycles. The van der Waals surface area contributed by atoms with Gasteiger partial charge in [-0.25, -0.2) is 14.4 Å². The summed E-state index contributed by atoms with van der Waals surface area (Å²) in [6.07, 6.45) is 7.95. The van der Waals surface area contributed by atoms with Gasteiger partial charge in [-0.1, -0.05) is 11.8 Å². The maximum absolute atomic E-state index is 12.9. The van der Waals surface area contributed by atoms with Crippen LogP contribution in [0.3, 0.4) is 0 Å². The van der Waals surface area contributed by atoms with E-state index in [2.05, 4.69) is 20.2 Å². The van der Waals surface area contributed by atoms with Crippen molar-refractivity contribution in [2.45, 2.75) is 24.5 Å². The molecule has 0 spiro atoms. The van der Waals surface area contributed by atoms with Gasteiger partial charge in [0, 0.05) is 43.2 Å². The number of nitrogens with one attached hydrogen (secondary N) is 1. The van der Waals surface area contributed by atoms with Crippen LogP contribution in [0.5, 0.6) is 0 Å². The predicted octanol–water partition coefficient (Wildman–Crippen LogP) is 2.98. The molecule has 7 heteroatoms. The van der Waals surface area contributed by atoms with Gasteiger partial charge in [-0.15, -0.1) is 0 Å². The summed E-state index contributed by atoms with van der Waals surface area (Å²) in [5.41, 5.74) is 1.60. The molecular formula is C19H23FN4OS. The third-order valence-electron chi connectivity index (χ3n) is 4.53. The van der Waals surface area contributed by atoms with Crippen molar-refractivity contribution in [1.29, 1.82) is 0 Å². The average Bonchev–Trinajstić information content (AvgIpc) is 2.67. The number of amides is 1. The van der Waals surface area contributed by atoms with Crippen molar-refractivity contribution in [3.63, 3.8) is 0 Å². The first-order valence-electron chi connectivity index (χ1n) is 8.75. The summed E-state index contributed by atoms with van der Waals surface area (Å²) in [6.45, 7) is 3.45. The molecule has 2 aromatic rings. The van der Waals surface area contributed by atoms with Gasteiger partial charge >= 0.3 is 0 Å². The van der Waals surface area contributed by atoms with Gasteiger partial charge in [-0.05, 0) is 55.8 Å². The van der Waals surface area contributed by atoms with Gasteiger partial charge in [0.1, 0.15) is 5.82 Å². The van der Waals surface area contributed by atoms with Crippen LogP contribution in [0, 0.1) is 11.7 Å². The van der Waals surface area contributed by atoms with E-state index in [4.69, 9.17) is 0 Å². The zero-order valence-electron chi connectivity index (χ0n) is 14.8. The molecule has 0 unspecified atom stereocenters. The average molecular weight is 374 g/mol. The van der Waals surface area contributed by atoms with Crippen LogP contribution in [-0.2, 0) is 6.54 Å². The van der Waals surface area contributed by atoms with E-state index < -0.39 is 0 Å². The number of nitrogens with zero attached hydrogens (tertiary/aromatic N) is 3. The molecule has 1 aliphatic rings. The number of benzene rings is 1. The van der Waals surface area contributed by atoms with Gasteiger partial charge in [-0.3, -0.25) is 9.69 Å². The molecule has 0 saturated carbocycles. The van der Waals surface area contributed by atoms with E-state index in [1.807, 2.05) is 18.6 Å².